The van der Waals surface area contributed by atoms with E-state index in [0.29, 0.717) is 17.8 Å². The molecule has 0 saturated carbocycles. The molecule has 3 nitrogen and oxygen atoms in total. The van der Waals surface area contributed by atoms with Crippen LogP contribution in [0.2, 0.25) is 0 Å². The van der Waals surface area contributed by atoms with Crippen molar-refractivity contribution in [1.29, 1.82) is 0 Å². The maximum absolute atomic E-state index is 12.2. The van der Waals surface area contributed by atoms with Crippen molar-refractivity contribution in [1.82, 2.24) is 4.98 Å². The number of halogens is 1. The van der Waals surface area contributed by atoms with Gasteiger partial charge in [-0.15, -0.1) is 0 Å². The fraction of sp³-hybridized carbons (Fsp3) is 0.143. The van der Waals surface area contributed by atoms with Gasteiger partial charge >= 0.3 is 0 Å². The molecule has 92 valence electrons. The van der Waals surface area contributed by atoms with E-state index in [4.69, 9.17) is 5.73 Å². The van der Waals surface area contributed by atoms with Gasteiger partial charge in [-0.3, -0.25) is 4.79 Å². The summed E-state index contributed by atoms with van der Waals surface area (Å²) < 4.78 is 0.962. The molecule has 0 spiro atoms. The van der Waals surface area contributed by atoms with E-state index < -0.39 is 0 Å². The zero-order valence-electron chi connectivity index (χ0n) is 9.98. The van der Waals surface area contributed by atoms with Crippen LogP contribution in [0.4, 0.5) is 5.82 Å². The number of nitrogens with zero attached hydrogens (tertiary/aromatic N) is 1. The number of carbonyl (C=O) groups is 1. The van der Waals surface area contributed by atoms with Gasteiger partial charge in [0.1, 0.15) is 5.82 Å². The van der Waals surface area contributed by atoms with Gasteiger partial charge in [0.25, 0.3) is 0 Å². The largest absolute Gasteiger partial charge is 0.383 e. The van der Waals surface area contributed by atoms with Gasteiger partial charge in [-0.05, 0) is 36.2 Å². The Kier molecular flexibility index (Phi) is 3.77. The van der Waals surface area contributed by atoms with Crippen molar-refractivity contribution >= 4 is 27.5 Å². The minimum Gasteiger partial charge on any atom is -0.383 e. The van der Waals surface area contributed by atoms with E-state index in [1.807, 2.05) is 31.2 Å². The second kappa shape index (κ2) is 5.31. The monoisotopic (exact) mass is 304 g/mol. The third-order valence-corrected chi connectivity index (χ3v) is 3.21. The number of hydrogen-bond acceptors (Lipinski definition) is 3. The Labute approximate surface area is 114 Å². The van der Waals surface area contributed by atoms with E-state index >= 15 is 0 Å². The van der Waals surface area contributed by atoms with Gasteiger partial charge in [0, 0.05) is 17.1 Å². The maximum atomic E-state index is 12.2. The molecule has 1 aromatic carbocycles. The summed E-state index contributed by atoms with van der Waals surface area (Å²) in [4.78, 5) is 16.2. The van der Waals surface area contributed by atoms with Crippen LogP contribution in [0.25, 0.3) is 0 Å². The highest BCUT2D eigenvalue weighted by atomic mass is 79.9. The minimum absolute atomic E-state index is 0.00352. The molecule has 0 atom stereocenters. The number of aromatic nitrogens is 1. The maximum Gasteiger partial charge on any atom is 0.171 e. The molecule has 1 aromatic heterocycles. The van der Waals surface area contributed by atoms with Crippen molar-refractivity contribution in [2.75, 3.05) is 5.73 Å². The summed E-state index contributed by atoms with van der Waals surface area (Å²) in [6, 6.07) is 9.48. The second-order valence-corrected chi connectivity index (χ2v) is 5.03. The summed E-state index contributed by atoms with van der Waals surface area (Å²) in [5.74, 6) is 0.297. The van der Waals surface area contributed by atoms with Crippen molar-refractivity contribution in [3.8, 4) is 0 Å². The van der Waals surface area contributed by atoms with Crippen LogP contribution in [0, 0.1) is 6.92 Å². The number of aryl methyl sites for hydroxylation is 1. The van der Waals surface area contributed by atoms with Crippen molar-refractivity contribution in [2.45, 2.75) is 13.3 Å². The fourth-order valence-electron chi connectivity index (χ4n) is 1.86. The molecule has 0 radical (unpaired) electrons. The molecule has 0 aliphatic rings. The quantitative estimate of drug-likeness (QED) is 0.886. The smallest absolute Gasteiger partial charge is 0.171 e. The lowest BCUT2D eigenvalue weighted by atomic mass is 10.0. The van der Waals surface area contributed by atoms with Gasteiger partial charge in [0.2, 0.25) is 0 Å². The molecule has 1 heterocycles. The number of carbonyl (C=O) groups excluding carboxylic acids is 1. The highest BCUT2D eigenvalue weighted by molar-refractivity contribution is 9.10. The molecule has 2 aromatic rings. The van der Waals surface area contributed by atoms with E-state index in [1.54, 1.807) is 12.3 Å². The molecule has 18 heavy (non-hydrogen) atoms. The first kappa shape index (κ1) is 12.8. The van der Waals surface area contributed by atoms with Crippen molar-refractivity contribution < 1.29 is 4.79 Å². The van der Waals surface area contributed by atoms with Crippen molar-refractivity contribution in [3.63, 3.8) is 0 Å². The number of hydrogen-bond donors (Lipinski definition) is 1. The van der Waals surface area contributed by atoms with Crippen LogP contribution >= 0.6 is 15.9 Å². The highest BCUT2D eigenvalue weighted by Gasteiger charge is 2.14. The first-order valence-electron chi connectivity index (χ1n) is 5.56. The summed E-state index contributed by atoms with van der Waals surface area (Å²) in [7, 11) is 0. The number of nitrogen functional groups attached to an aromatic ring is 1. The summed E-state index contributed by atoms with van der Waals surface area (Å²) in [5.41, 5.74) is 8.11. The van der Waals surface area contributed by atoms with Crippen LogP contribution in [0.5, 0.6) is 0 Å². The Morgan fingerprint density at radius 3 is 2.83 bits per heavy atom. The zero-order valence-corrected chi connectivity index (χ0v) is 11.6. The lowest BCUT2D eigenvalue weighted by Crippen LogP contribution is -2.10. The van der Waals surface area contributed by atoms with Crippen LogP contribution < -0.4 is 5.73 Å². The van der Waals surface area contributed by atoms with E-state index in [2.05, 4.69) is 20.9 Å². The summed E-state index contributed by atoms with van der Waals surface area (Å²) in [5, 5.41) is 0. The Morgan fingerprint density at radius 2 is 2.17 bits per heavy atom. The van der Waals surface area contributed by atoms with Gasteiger partial charge in [-0.25, -0.2) is 4.98 Å². The molecule has 4 heteroatoms. The molecule has 0 fully saturated rings. The molecule has 0 bridgehead atoms. The van der Waals surface area contributed by atoms with Crippen LogP contribution in [0.15, 0.2) is 41.0 Å². The topological polar surface area (TPSA) is 56.0 Å². The van der Waals surface area contributed by atoms with Crippen molar-refractivity contribution in [2.24, 2.45) is 0 Å². The van der Waals surface area contributed by atoms with E-state index in [1.165, 1.54) is 0 Å². The lowest BCUT2D eigenvalue weighted by Gasteiger charge is -2.07. The second-order valence-electron chi connectivity index (χ2n) is 4.12. The summed E-state index contributed by atoms with van der Waals surface area (Å²) >= 11 is 3.39. The summed E-state index contributed by atoms with van der Waals surface area (Å²) in [6.07, 6.45) is 1.94. The number of Topliss-reactive ketones (excluding diaryl/α,β-unsaturated/α-hetero) is 1. The Balaban J connectivity index is 2.28. The third kappa shape index (κ3) is 2.76. The van der Waals surface area contributed by atoms with Gasteiger partial charge in [0.15, 0.2) is 5.78 Å². The standard InChI is InChI=1S/C14H13BrN2O/c1-9-5-6-17-14(16)13(9)12(18)8-10-3-2-4-11(15)7-10/h2-7H,8H2,1H3,(H2,16,17). The molecule has 2 N–H and O–H groups in total. The first-order valence-corrected chi connectivity index (χ1v) is 6.36. The molecular weight excluding hydrogens is 292 g/mol. The molecular formula is C14H13BrN2O. The highest BCUT2D eigenvalue weighted by Crippen LogP contribution is 2.18. The predicted molar refractivity (Wildman–Crippen MR) is 75.6 cm³/mol. The first-order chi connectivity index (χ1) is 8.58. The van der Waals surface area contributed by atoms with Crippen LogP contribution in [-0.2, 0) is 6.42 Å². The van der Waals surface area contributed by atoms with Gasteiger partial charge < -0.3 is 5.73 Å². The molecule has 0 amide bonds. The van der Waals surface area contributed by atoms with Gasteiger partial charge in [-0.2, -0.15) is 0 Å². The number of nitrogens with two attached hydrogens (primary N) is 1. The molecule has 0 aliphatic carbocycles. The van der Waals surface area contributed by atoms with E-state index in [9.17, 15) is 4.79 Å². The average Bonchev–Trinajstić information content (AvgIpc) is 2.28. The molecule has 0 aliphatic heterocycles. The van der Waals surface area contributed by atoms with Crippen molar-refractivity contribution in [3.05, 3.63) is 57.7 Å². The van der Waals surface area contributed by atoms with Crippen LogP contribution in [-0.4, -0.2) is 10.8 Å². The molecule has 2 rings (SSSR count). The fourth-order valence-corrected chi connectivity index (χ4v) is 2.31. The van der Waals surface area contributed by atoms with E-state index in [0.717, 1.165) is 15.6 Å². The Morgan fingerprint density at radius 1 is 1.39 bits per heavy atom. The van der Waals surface area contributed by atoms with E-state index in [-0.39, 0.29) is 5.78 Å². The molecule has 0 unspecified atom stereocenters. The summed E-state index contributed by atoms with van der Waals surface area (Å²) in [6.45, 7) is 1.87. The molecule has 0 saturated heterocycles. The lowest BCUT2D eigenvalue weighted by molar-refractivity contribution is 0.0993. The predicted octanol–water partition coefficient (Wildman–Crippen LogP) is 3.16. The van der Waals surface area contributed by atoms with Crippen LogP contribution in [0.3, 0.4) is 0 Å². The third-order valence-electron chi connectivity index (χ3n) is 2.72. The normalized spacial score (nSPS) is 10.3. The number of pyridine rings is 1. The number of anilines is 1. The zero-order chi connectivity index (χ0) is 13.1. The SMILES string of the molecule is Cc1ccnc(N)c1C(=O)Cc1cccc(Br)c1. The average molecular weight is 305 g/mol. The van der Waals surface area contributed by atoms with Gasteiger partial charge in [0.05, 0.1) is 5.56 Å². The number of rotatable bonds is 3. The number of benzene rings is 1. The van der Waals surface area contributed by atoms with Gasteiger partial charge in [-0.1, -0.05) is 28.1 Å². The Hall–Kier alpha value is -1.68. The van der Waals surface area contributed by atoms with Crippen LogP contribution in [0.1, 0.15) is 21.5 Å². The number of ketones is 1. The minimum atomic E-state index is -0.00352. The Bertz CT molecular complexity index is 576.